The van der Waals surface area contributed by atoms with Gasteiger partial charge >= 0.3 is 0 Å². The zero-order valence-electron chi connectivity index (χ0n) is 11.7. The SMILES string of the molecule is CCCCCCC(C)NCc1nnc(C)n1C. The van der Waals surface area contributed by atoms with Gasteiger partial charge in [-0.05, 0) is 20.3 Å². The van der Waals surface area contributed by atoms with Crippen LogP contribution in [0.4, 0.5) is 0 Å². The minimum atomic E-state index is 0.559. The van der Waals surface area contributed by atoms with Crippen LogP contribution in [0.2, 0.25) is 0 Å². The third kappa shape index (κ3) is 4.86. The summed E-state index contributed by atoms with van der Waals surface area (Å²) < 4.78 is 2.04. The summed E-state index contributed by atoms with van der Waals surface area (Å²) in [5.74, 6) is 1.99. The second-order valence-corrected chi connectivity index (χ2v) is 4.85. The lowest BCUT2D eigenvalue weighted by Gasteiger charge is -2.13. The molecule has 0 aliphatic heterocycles. The highest BCUT2D eigenvalue weighted by atomic mass is 15.3. The first kappa shape index (κ1) is 14.2. The Morgan fingerprint density at radius 2 is 2.00 bits per heavy atom. The summed E-state index contributed by atoms with van der Waals surface area (Å²) >= 11 is 0. The zero-order valence-corrected chi connectivity index (χ0v) is 11.7. The lowest BCUT2D eigenvalue weighted by atomic mass is 10.1. The van der Waals surface area contributed by atoms with Gasteiger partial charge in [-0.15, -0.1) is 10.2 Å². The molecule has 4 nitrogen and oxygen atoms in total. The van der Waals surface area contributed by atoms with E-state index in [1.54, 1.807) is 0 Å². The van der Waals surface area contributed by atoms with E-state index in [2.05, 4.69) is 29.4 Å². The van der Waals surface area contributed by atoms with Crippen LogP contribution in [-0.4, -0.2) is 20.8 Å². The van der Waals surface area contributed by atoms with Crippen LogP contribution >= 0.6 is 0 Å². The molecule has 0 fully saturated rings. The largest absolute Gasteiger partial charge is 0.317 e. The van der Waals surface area contributed by atoms with E-state index in [0.717, 1.165) is 18.2 Å². The van der Waals surface area contributed by atoms with Gasteiger partial charge < -0.3 is 9.88 Å². The van der Waals surface area contributed by atoms with Gasteiger partial charge in [-0.25, -0.2) is 0 Å². The van der Waals surface area contributed by atoms with Crippen molar-refractivity contribution in [2.24, 2.45) is 7.05 Å². The minimum Gasteiger partial charge on any atom is -0.317 e. The molecule has 1 atom stereocenters. The molecule has 17 heavy (non-hydrogen) atoms. The zero-order chi connectivity index (χ0) is 12.7. The predicted octanol–water partition coefficient (Wildman–Crippen LogP) is 2.57. The summed E-state index contributed by atoms with van der Waals surface area (Å²) in [5.41, 5.74) is 0. The van der Waals surface area contributed by atoms with Gasteiger partial charge in [0.2, 0.25) is 0 Å². The quantitative estimate of drug-likeness (QED) is 0.708. The van der Waals surface area contributed by atoms with Crippen molar-refractivity contribution in [1.82, 2.24) is 20.1 Å². The fourth-order valence-electron chi connectivity index (χ4n) is 1.85. The molecule has 0 bridgehead atoms. The fourth-order valence-corrected chi connectivity index (χ4v) is 1.85. The molecular weight excluding hydrogens is 212 g/mol. The van der Waals surface area contributed by atoms with E-state index < -0.39 is 0 Å². The Kier molecular flexibility index (Phi) is 6.19. The van der Waals surface area contributed by atoms with E-state index in [1.807, 2.05) is 18.5 Å². The van der Waals surface area contributed by atoms with Crippen LogP contribution in [0.15, 0.2) is 0 Å². The van der Waals surface area contributed by atoms with E-state index in [0.29, 0.717) is 6.04 Å². The molecule has 0 aliphatic carbocycles. The number of nitrogens with one attached hydrogen (secondary N) is 1. The standard InChI is InChI=1S/C13H26N4/c1-5-6-7-8-9-11(2)14-10-13-16-15-12(3)17(13)4/h11,14H,5-10H2,1-4H3. The number of nitrogens with zero attached hydrogens (tertiary/aromatic N) is 3. The molecule has 1 aromatic heterocycles. The molecule has 1 N–H and O–H groups in total. The third-order valence-corrected chi connectivity index (χ3v) is 3.28. The van der Waals surface area contributed by atoms with Crippen molar-refractivity contribution >= 4 is 0 Å². The predicted molar refractivity (Wildman–Crippen MR) is 70.8 cm³/mol. The van der Waals surface area contributed by atoms with Gasteiger partial charge in [-0.1, -0.05) is 32.6 Å². The first-order chi connectivity index (χ1) is 8.15. The summed E-state index contributed by atoms with van der Waals surface area (Å²) in [6, 6.07) is 0.559. The Hall–Kier alpha value is -0.900. The third-order valence-electron chi connectivity index (χ3n) is 3.28. The minimum absolute atomic E-state index is 0.559. The second kappa shape index (κ2) is 7.43. The molecule has 1 rings (SSSR count). The van der Waals surface area contributed by atoms with Crippen LogP contribution in [0.5, 0.6) is 0 Å². The van der Waals surface area contributed by atoms with Crippen molar-refractivity contribution in [2.45, 2.75) is 65.5 Å². The molecule has 0 spiro atoms. The number of hydrogen-bond acceptors (Lipinski definition) is 3. The number of rotatable bonds is 8. The van der Waals surface area contributed by atoms with Gasteiger partial charge in [0, 0.05) is 13.1 Å². The lowest BCUT2D eigenvalue weighted by molar-refractivity contribution is 0.471. The highest BCUT2D eigenvalue weighted by Gasteiger charge is 2.06. The molecule has 0 radical (unpaired) electrons. The first-order valence-corrected chi connectivity index (χ1v) is 6.73. The summed E-state index contributed by atoms with van der Waals surface area (Å²) in [7, 11) is 2.01. The van der Waals surface area contributed by atoms with Gasteiger partial charge in [0.1, 0.15) is 11.6 Å². The maximum atomic E-state index is 4.15. The van der Waals surface area contributed by atoms with Crippen LogP contribution in [0.25, 0.3) is 0 Å². The van der Waals surface area contributed by atoms with Crippen molar-refractivity contribution in [3.05, 3.63) is 11.6 Å². The van der Waals surface area contributed by atoms with Crippen molar-refractivity contribution in [3.63, 3.8) is 0 Å². The van der Waals surface area contributed by atoms with Gasteiger partial charge in [0.15, 0.2) is 0 Å². The molecule has 0 aliphatic rings. The first-order valence-electron chi connectivity index (χ1n) is 6.73. The highest BCUT2D eigenvalue weighted by Crippen LogP contribution is 2.06. The van der Waals surface area contributed by atoms with E-state index in [9.17, 15) is 0 Å². The van der Waals surface area contributed by atoms with Crippen LogP contribution in [-0.2, 0) is 13.6 Å². The summed E-state index contributed by atoms with van der Waals surface area (Å²) in [4.78, 5) is 0. The molecule has 1 aromatic rings. The topological polar surface area (TPSA) is 42.7 Å². The van der Waals surface area contributed by atoms with Crippen LogP contribution in [0.1, 0.15) is 57.6 Å². The molecular formula is C13H26N4. The smallest absolute Gasteiger partial charge is 0.146 e. The number of aromatic nitrogens is 3. The molecule has 1 heterocycles. The highest BCUT2D eigenvalue weighted by molar-refractivity contribution is 4.92. The Labute approximate surface area is 105 Å². The maximum absolute atomic E-state index is 4.15. The normalized spacial score (nSPS) is 12.9. The van der Waals surface area contributed by atoms with Gasteiger partial charge in [-0.3, -0.25) is 0 Å². The lowest BCUT2D eigenvalue weighted by Crippen LogP contribution is -2.26. The molecule has 0 aromatic carbocycles. The summed E-state index contributed by atoms with van der Waals surface area (Å²) in [5, 5.41) is 11.7. The Bertz CT molecular complexity index is 319. The van der Waals surface area contributed by atoms with Crippen molar-refractivity contribution in [2.75, 3.05) is 0 Å². The molecule has 1 unspecified atom stereocenters. The molecule has 0 saturated heterocycles. The molecule has 98 valence electrons. The van der Waals surface area contributed by atoms with Gasteiger partial charge in [0.05, 0.1) is 6.54 Å². The average molecular weight is 238 g/mol. The summed E-state index contributed by atoms with van der Waals surface area (Å²) in [6.07, 6.45) is 6.58. The monoisotopic (exact) mass is 238 g/mol. The maximum Gasteiger partial charge on any atom is 0.146 e. The number of hydrogen-bond donors (Lipinski definition) is 1. The van der Waals surface area contributed by atoms with Crippen LogP contribution in [0, 0.1) is 6.92 Å². The van der Waals surface area contributed by atoms with E-state index in [4.69, 9.17) is 0 Å². The number of unbranched alkanes of at least 4 members (excludes halogenated alkanes) is 3. The van der Waals surface area contributed by atoms with Crippen molar-refractivity contribution in [1.29, 1.82) is 0 Å². The van der Waals surface area contributed by atoms with Crippen molar-refractivity contribution < 1.29 is 0 Å². The second-order valence-electron chi connectivity index (χ2n) is 4.85. The van der Waals surface area contributed by atoms with E-state index in [-0.39, 0.29) is 0 Å². The van der Waals surface area contributed by atoms with Crippen LogP contribution < -0.4 is 5.32 Å². The van der Waals surface area contributed by atoms with E-state index in [1.165, 1.54) is 32.1 Å². The molecule has 0 saturated carbocycles. The van der Waals surface area contributed by atoms with Gasteiger partial charge in [-0.2, -0.15) is 0 Å². The van der Waals surface area contributed by atoms with E-state index >= 15 is 0 Å². The average Bonchev–Trinajstić information content (AvgIpc) is 2.63. The summed E-state index contributed by atoms with van der Waals surface area (Å²) in [6.45, 7) is 7.28. The molecule has 4 heteroatoms. The Balaban J connectivity index is 2.19. The Morgan fingerprint density at radius 1 is 1.24 bits per heavy atom. The number of aryl methyl sites for hydroxylation is 1. The fraction of sp³-hybridized carbons (Fsp3) is 0.846. The van der Waals surface area contributed by atoms with Gasteiger partial charge in [0.25, 0.3) is 0 Å². The molecule has 0 amide bonds. The van der Waals surface area contributed by atoms with Crippen LogP contribution in [0.3, 0.4) is 0 Å². The Morgan fingerprint density at radius 3 is 2.59 bits per heavy atom. The van der Waals surface area contributed by atoms with Crippen molar-refractivity contribution in [3.8, 4) is 0 Å².